The predicted octanol–water partition coefficient (Wildman–Crippen LogP) is -0.879. The first-order valence-corrected chi connectivity index (χ1v) is 3.67. The van der Waals surface area contributed by atoms with Crippen molar-refractivity contribution in [2.24, 2.45) is 0 Å². The number of aliphatic hydroxyl groups is 2. The van der Waals surface area contributed by atoms with E-state index in [0.717, 1.165) is 6.42 Å². The molecule has 2 unspecified atom stereocenters. The lowest BCUT2D eigenvalue weighted by atomic mass is 10.4. The van der Waals surface area contributed by atoms with Gasteiger partial charge in [0, 0.05) is 0 Å². The van der Waals surface area contributed by atoms with Crippen LogP contribution >= 0.6 is 0 Å². The van der Waals surface area contributed by atoms with E-state index in [9.17, 15) is 0 Å². The third kappa shape index (κ3) is 6.21. The van der Waals surface area contributed by atoms with Gasteiger partial charge >= 0.3 is 0 Å². The second-order valence-corrected chi connectivity index (χ2v) is 2.28. The first-order valence-electron chi connectivity index (χ1n) is 3.67. The molecule has 5 nitrogen and oxygen atoms in total. The highest BCUT2D eigenvalue weighted by atomic mass is 16.7. The highest BCUT2D eigenvalue weighted by Crippen LogP contribution is 1.83. The number of aliphatic hydroxyl groups excluding tert-OH is 2. The van der Waals surface area contributed by atoms with Gasteiger partial charge in [-0.25, -0.2) is 5.43 Å². The Kier molecular flexibility index (Phi) is 6.39. The van der Waals surface area contributed by atoms with Crippen molar-refractivity contribution in [3.63, 3.8) is 0 Å². The van der Waals surface area contributed by atoms with Crippen LogP contribution in [0.5, 0.6) is 0 Å². The minimum atomic E-state index is -1.01. The average Bonchev–Trinajstić information content (AvgIpc) is 1.97. The Balaban J connectivity index is 3.10. The molecule has 0 bridgehead atoms. The molecule has 0 heterocycles. The second-order valence-electron chi connectivity index (χ2n) is 2.28. The van der Waals surface area contributed by atoms with Crippen LogP contribution in [-0.2, 0) is 4.84 Å². The van der Waals surface area contributed by atoms with Gasteiger partial charge in [-0.2, -0.15) is 0 Å². The number of nitrogens with one attached hydrogen (secondary N) is 2. The second kappa shape index (κ2) is 6.51. The van der Waals surface area contributed by atoms with Crippen LogP contribution in [0.1, 0.15) is 20.3 Å². The van der Waals surface area contributed by atoms with Crippen molar-refractivity contribution < 1.29 is 15.1 Å². The number of hydrogen-bond donors (Lipinski definition) is 4. The van der Waals surface area contributed by atoms with Crippen molar-refractivity contribution in [2.75, 3.05) is 6.61 Å². The molecule has 0 radical (unpaired) electrons. The van der Waals surface area contributed by atoms with Crippen LogP contribution in [0.15, 0.2) is 0 Å². The van der Waals surface area contributed by atoms with Gasteiger partial charge in [-0.1, -0.05) is 6.92 Å². The molecule has 0 spiro atoms. The fraction of sp³-hybridized carbons (Fsp3) is 1.00. The summed E-state index contributed by atoms with van der Waals surface area (Å²) in [6.45, 7) is 3.99. The molecule has 0 amide bonds. The summed E-state index contributed by atoms with van der Waals surface area (Å²) < 4.78 is 0. The maximum Gasteiger partial charge on any atom is 0.144 e. The van der Waals surface area contributed by atoms with Crippen LogP contribution in [0.3, 0.4) is 0 Å². The molecular formula is C6H16N2O3. The quantitative estimate of drug-likeness (QED) is 0.233. The first kappa shape index (κ1) is 10.8. The average molecular weight is 164 g/mol. The molecule has 0 aromatic rings. The van der Waals surface area contributed by atoms with E-state index in [1.54, 1.807) is 0 Å². The van der Waals surface area contributed by atoms with Gasteiger partial charge in [0.15, 0.2) is 0 Å². The van der Waals surface area contributed by atoms with Gasteiger partial charge in [0.25, 0.3) is 0 Å². The van der Waals surface area contributed by atoms with Crippen LogP contribution in [0.4, 0.5) is 0 Å². The van der Waals surface area contributed by atoms with E-state index < -0.39 is 12.3 Å². The Bertz CT molecular complexity index is 89.9. The maximum absolute atomic E-state index is 8.92. The molecule has 0 saturated carbocycles. The summed E-state index contributed by atoms with van der Waals surface area (Å²) in [5.74, 6) is 0. The minimum Gasteiger partial charge on any atom is -0.389 e. The third-order valence-electron chi connectivity index (χ3n) is 1.04. The molecule has 0 saturated heterocycles. The fourth-order valence-electron chi connectivity index (χ4n) is 0.376. The summed E-state index contributed by atoms with van der Waals surface area (Å²) >= 11 is 0. The summed E-state index contributed by atoms with van der Waals surface area (Å²) in [5, 5.41) is 17.7. The highest BCUT2D eigenvalue weighted by Gasteiger charge is 2.08. The molecule has 0 fully saturated rings. The summed E-state index contributed by atoms with van der Waals surface area (Å²) in [6.07, 6.45) is -0.945. The zero-order valence-corrected chi connectivity index (χ0v) is 6.87. The fourth-order valence-corrected chi connectivity index (χ4v) is 0.376. The van der Waals surface area contributed by atoms with Crippen LogP contribution in [0, 0.1) is 0 Å². The lowest BCUT2D eigenvalue weighted by Crippen LogP contribution is -2.46. The van der Waals surface area contributed by atoms with Crippen LogP contribution in [-0.4, -0.2) is 29.2 Å². The Morgan fingerprint density at radius 3 is 2.55 bits per heavy atom. The number of rotatable bonds is 6. The van der Waals surface area contributed by atoms with Gasteiger partial charge in [-0.3, -0.25) is 4.84 Å². The van der Waals surface area contributed by atoms with Crippen molar-refractivity contribution in [1.29, 1.82) is 0 Å². The molecule has 68 valence electrons. The van der Waals surface area contributed by atoms with Crippen LogP contribution in [0.25, 0.3) is 0 Å². The summed E-state index contributed by atoms with van der Waals surface area (Å²) in [6, 6.07) is 0. The van der Waals surface area contributed by atoms with Gasteiger partial charge in [-0.15, -0.1) is 5.59 Å². The Morgan fingerprint density at radius 2 is 2.09 bits per heavy atom. The molecule has 0 aliphatic rings. The zero-order valence-electron chi connectivity index (χ0n) is 6.87. The van der Waals surface area contributed by atoms with Crippen LogP contribution in [0.2, 0.25) is 0 Å². The smallest absolute Gasteiger partial charge is 0.144 e. The summed E-state index contributed by atoms with van der Waals surface area (Å²) in [7, 11) is 0. The minimum absolute atomic E-state index is 0.555. The summed E-state index contributed by atoms with van der Waals surface area (Å²) in [5.41, 5.74) is 4.66. The van der Waals surface area contributed by atoms with Crippen molar-refractivity contribution in [3.05, 3.63) is 0 Å². The summed E-state index contributed by atoms with van der Waals surface area (Å²) in [4.78, 5) is 4.77. The van der Waals surface area contributed by atoms with Crippen LogP contribution < -0.4 is 11.0 Å². The number of hydrogen-bond acceptors (Lipinski definition) is 5. The van der Waals surface area contributed by atoms with Crippen molar-refractivity contribution in [2.45, 2.75) is 32.6 Å². The van der Waals surface area contributed by atoms with E-state index in [2.05, 4.69) is 11.0 Å². The maximum atomic E-state index is 8.92. The topological polar surface area (TPSA) is 73.8 Å². The number of hydrazine groups is 1. The van der Waals surface area contributed by atoms with E-state index in [-0.39, 0.29) is 0 Å². The molecule has 0 aliphatic carbocycles. The largest absolute Gasteiger partial charge is 0.389 e. The zero-order chi connectivity index (χ0) is 8.69. The molecule has 0 aromatic carbocycles. The predicted molar refractivity (Wildman–Crippen MR) is 40.2 cm³/mol. The SMILES string of the molecule is CCCONNC(O)C(C)O. The van der Waals surface area contributed by atoms with E-state index >= 15 is 0 Å². The lowest BCUT2D eigenvalue weighted by molar-refractivity contribution is -0.0689. The molecule has 2 atom stereocenters. The lowest BCUT2D eigenvalue weighted by Gasteiger charge is -2.15. The van der Waals surface area contributed by atoms with E-state index in [1.165, 1.54) is 6.92 Å². The third-order valence-corrected chi connectivity index (χ3v) is 1.04. The monoisotopic (exact) mass is 164 g/mol. The Hall–Kier alpha value is -0.200. The van der Waals surface area contributed by atoms with Crippen molar-refractivity contribution in [1.82, 2.24) is 11.0 Å². The highest BCUT2D eigenvalue weighted by molar-refractivity contribution is 4.52. The van der Waals surface area contributed by atoms with E-state index in [0.29, 0.717) is 6.61 Å². The van der Waals surface area contributed by atoms with Gasteiger partial charge in [-0.05, 0) is 13.3 Å². The molecule has 11 heavy (non-hydrogen) atoms. The molecule has 4 N–H and O–H groups in total. The van der Waals surface area contributed by atoms with Gasteiger partial charge in [0.05, 0.1) is 12.7 Å². The molecule has 0 rings (SSSR count). The molecule has 0 aliphatic heterocycles. The normalized spacial score (nSPS) is 16.4. The van der Waals surface area contributed by atoms with Gasteiger partial charge in [0.1, 0.15) is 6.23 Å². The van der Waals surface area contributed by atoms with Crippen molar-refractivity contribution in [3.8, 4) is 0 Å². The van der Waals surface area contributed by atoms with Gasteiger partial charge in [0.2, 0.25) is 0 Å². The standard InChI is InChI=1S/C6H16N2O3/c1-3-4-11-8-7-6(10)5(2)9/h5-10H,3-4H2,1-2H3. The molecule has 0 aromatic heterocycles. The first-order chi connectivity index (χ1) is 5.18. The molecular weight excluding hydrogens is 148 g/mol. The Morgan fingerprint density at radius 1 is 1.45 bits per heavy atom. The van der Waals surface area contributed by atoms with E-state index in [1.807, 2.05) is 6.92 Å². The Labute approximate surface area is 66.3 Å². The van der Waals surface area contributed by atoms with E-state index in [4.69, 9.17) is 15.1 Å². The van der Waals surface area contributed by atoms with Gasteiger partial charge < -0.3 is 10.2 Å². The van der Waals surface area contributed by atoms with Crippen molar-refractivity contribution >= 4 is 0 Å². The molecule has 5 heteroatoms.